The minimum absolute atomic E-state index is 0.00191. The van der Waals surface area contributed by atoms with Gasteiger partial charge in [0.2, 0.25) is 0 Å². The van der Waals surface area contributed by atoms with Crippen molar-refractivity contribution in [3.63, 3.8) is 0 Å². The average molecular weight is 399 g/mol. The molecule has 0 aliphatic carbocycles. The molecule has 0 aromatic heterocycles. The molecule has 26 heavy (non-hydrogen) atoms. The molecule has 2 N–H and O–H groups in total. The summed E-state index contributed by atoms with van der Waals surface area (Å²) in [6.45, 7) is 0.255. The minimum Gasteiger partial charge on any atom is -0.354 e. The van der Waals surface area contributed by atoms with Gasteiger partial charge in [0.1, 0.15) is 0 Å². The van der Waals surface area contributed by atoms with Crippen LogP contribution in [0.5, 0.6) is 0 Å². The molecule has 2 aliphatic heterocycles. The highest BCUT2D eigenvalue weighted by atomic mass is 32.2. The zero-order valence-electron chi connectivity index (χ0n) is 14.5. The van der Waals surface area contributed by atoms with Gasteiger partial charge in [0.05, 0.1) is 24.1 Å². The molecule has 142 valence electrons. The van der Waals surface area contributed by atoms with E-state index in [2.05, 4.69) is 15.6 Å². The minimum atomic E-state index is -2.95. The van der Waals surface area contributed by atoms with Crippen molar-refractivity contribution >= 4 is 38.4 Å². The number of amides is 1. The van der Waals surface area contributed by atoms with Crippen LogP contribution >= 0.6 is 11.8 Å². The van der Waals surface area contributed by atoms with Crippen molar-refractivity contribution in [3.05, 3.63) is 29.8 Å². The van der Waals surface area contributed by atoms with Crippen molar-refractivity contribution in [2.45, 2.75) is 17.6 Å². The van der Waals surface area contributed by atoms with Crippen LogP contribution in [0.15, 0.2) is 29.3 Å². The van der Waals surface area contributed by atoms with Gasteiger partial charge in [-0.25, -0.2) is 8.42 Å². The van der Waals surface area contributed by atoms with Gasteiger partial charge in [-0.3, -0.25) is 9.79 Å². The van der Waals surface area contributed by atoms with Crippen LogP contribution in [0.4, 0.5) is 5.69 Å². The van der Waals surface area contributed by atoms with Gasteiger partial charge in [0.15, 0.2) is 21.3 Å². The number of sulfone groups is 1. The predicted molar refractivity (Wildman–Crippen MR) is 101 cm³/mol. The van der Waals surface area contributed by atoms with E-state index in [-0.39, 0.29) is 35.2 Å². The standard InChI is InChI=1S/C16H21N3O5S2/c1-23-14(24-2)7-17-15(20)10-3-5-11(6-4-10)18-16-19-12-8-26(21,22)9-13(12)25-16/h3-6,12-14H,7-9H2,1-2H3,(H,17,20)(H,18,19)/t12-,13-/m0/s1. The van der Waals surface area contributed by atoms with Crippen molar-refractivity contribution in [1.82, 2.24) is 5.32 Å². The van der Waals surface area contributed by atoms with Crippen LogP contribution in [0, 0.1) is 0 Å². The molecule has 3 rings (SSSR count). The SMILES string of the molecule is COC(CNC(=O)c1ccc(NC2=N[C@H]3CS(=O)(=O)C[C@@H]3S2)cc1)OC. The van der Waals surface area contributed by atoms with E-state index in [0.29, 0.717) is 5.56 Å². The maximum absolute atomic E-state index is 12.1. The molecule has 1 amide bonds. The van der Waals surface area contributed by atoms with Gasteiger partial charge in [0, 0.05) is 30.7 Å². The molecule has 1 aromatic rings. The normalized spacial score (nSPS) is 23.6. The number of hydrogen-bond acceptors (Lipinski definition) is 8. The first-order valence-corrected chi connectivity index (χ1v) is 10.8. The van der Waals surface area contributed by atoms with Crippen LogP contribution in [0.1, 0.15) is 10.4 Å². The monoisotopic (exact) mass is 399 g/mol. The van der Waals surface area contributed by atoms with E-state index in [4.69, 9.17) is 9.47 Å². The fourth-order valence-corrected chi connectivity index (χ4v) is 6.46. The van der Waals surface area contributed by atoms with E-state index in [0.717, 1.165) is 10.9 Å². The highest BCUT2D eigenvalue weighted by Crippen LogP contribution is 2.34. The van der Waals surface area contributed by atoms with Crippen LogP contribution in [0.25, 0.3) is 0 Å². The number of benzene rings is 1. The van der Waals surface area contributed by atoms with Gasteiger partial charge in [-0.2, -0.15) is 0 Å². The molecule has 0 saturated carbocycles. The number of ether oxygens (including phenoxy) is 2. The number of methoxy groups -OCH3 is 2. The van der Waals surface area contributed by atoms with Gasteiger partial charge < -0.3 is 20.1 Å². The first-order valence-electron chi connectivity index (χ1n) is 8.06. The van der Waals surface area contributed by atoms with Crippen LogP contribution in [-0.4, -0.2) is 69.3 Å². The number of nitrogens with one attached hydrogen (secondary N) is 2. The van der Waals surface area contributed by atoms with E-state index in [1.165, 1.54) is 26.0 Å². The van der Waals surface area contributed by atoms with Crippen molar-refractivity contribution in [3.8, 4) is 0 Å². The van der Waals surface area contributed by atoms with Crippen molar-refractivity contribution < 1.29 is 22.7 Å². The summed E-state index contributed by atoms with van der Waals surface area (Å²) < 4.78 is 33.2. The van der Waals surface area contributed by atoms with Crippen molar-refractivity contribution in [2.24, 2.45) is 4.99 Å². The second-order valence-corrected chi connectivity index (χ2v) is 9.43. The molecule has 1 saturated heterocycles. The maximum Gasteiger partial charge on any atom is 0.251 e. The predicted octanol–water partition coefficient (Wildman–Crippen LogP) is 0.716. The molecule has 10 heteroatoms. The highest BCUT2D eigenvalue weighted by molar-refractivity contribution is 8.15. The van der Waals surface area contributed by atoms with E-state index >= 15 is 0 Å². The molecular weight excluding hydrogens is 378 g/mol. The Kier molecular flexibility index (Phi) is 5.86. The summed E-state index contributed by atoms with van der Waals surface area (Å²) in [4.78, 5) is 16.6. The van der Waals surface area contributed by atoms with Gasteiger partial charge in [-0.15, -0.1) is 0 Å². The fraction of sp³-hybridized carbons (Fsp3) is 0.500. The van der Waals surface area contributed by atoms with Crippen LogP contribution in [0.2, 0.25) is 0 Å². The third-order valence-corrected chi connectivity index (χ3v) is 7.31. The topological polar surface area (TPSA) is 106 Å². The first kappa shape index (κ1) is 19.2. The smallest absolute Gasteiger partial charge is 0.251 e. The van der Waals surface area contributed by atoms with Crippen LogP contribution < -0.4 is 10.6 Å². The summed E-state index contributed by atoms with van der Waals surface area (Å²) in [5, 5.41) is 6.63. The van der Waals surface area contributed by atoms with Crippen LogP contribution in [0.3, 0.4) is 0 Å². The van der Waals surface area contributed by atoms with Crippen molar-refractivity contribution in [1.29, 1.82) is 0 Å². The molecule has 2 aliphatic rings. The molecule has 0 spiro atoms. The largest absolute Gasteiger partial charge is 0.354 e. The lowest BCUT2D eigenvalue weighted by Crippen LogP contribution is -2.34. The molecule has 0 unspecified atom stereocenters. The number of carbonyl (C=O) groups excluding carboxylic acids is 1. The summed E-state index contributed by atoms with van der Waals surface area (Å²) in [5.74, 6) is 0.0851. The number of carbonyl (C=O) groups is 1. The van der Waals surface area contributed by atoms with E-state index < -0.39 is 16.1 Å². The highest BCUT2D eigenvalue weighted by Gasteiger charge is 2.42. The summed E-state index contributed by atoms with van der Waals surface area (Å²) in [6.07, 6.45) is -0.486. The summed E-state index contributed by atoms with van der Waals surface area (Å²) in [5.41, 5.74) is 1.31. The Morgan fingerprint density at radius 1 is 1.27 bits per heavy atom. The summed E-state index contributed by atoms with van der Waals surface area (Å²) >= 11 is 1.46. The molecule has 0 radical (unpaired) electrons. The number of thioether (sulfide) groups is 1. The lowest BCUT2D eigenvalue weighted by molar-refractivity contribution is -0.0974. The third kappa shape index (κ3) is 4.56. The lowest BCUT2D eigenvalue weighted by Gasteiger charge is -2.14. The Bertz CT molecular complexity index is 791. The Balaban J connectivity index is 1.55. The summed E-state index contributed by atoms with van der Waals surface area (Å²) in [6, 6.07) is 6.82. The Morgan fingerprint density at radius 2 is 1.96 bits per heavy atom. The Labute approximate surface area is 156 Å². The Hall–Kier alpha value is -1.62. The summed E-state index contributed by atoms with van der Waals surface area (Å²) in [7, 11) is 0.0655. The molecule has 8 nitrogen and oxygen atoms in total. The van der Waals surface area contributed by atoms with Gasteiger partial charge in [-0.05, 0) is 24.3 Å². The third-order valence-electron chi connectivity index (χ3n) is 4.17. The molecule has 1 fully saturated rings. The van der Waals surface area contributed by atoms with Gasteiger partial charge in [0.25, 0.3) is 5.91 Å². The van der Waals surface area contributed by atoms with Gasteiger partial charge in [-0.1, -0.05) is 11.8 Å². The van der Waals surface area contributed by atoms with Gasteiger partial charge >= 0.3 is 0 Å². The molecule has 0 bridgehead atoms. The van der Waals surface area contributed by atoms with E-state index in [1.807, 2.05) is 0 Å². The number of nitrogens with zero attached hydrogens (tertiary/aromatic N) is 1. The second kappa shape index (κ2) is 7.95. The lowest BCUT2D eigenvalue weighted by atomic mass is 10.2. The number of amidine groups is 1. The number of rotatable bonds is 6. The van der Waals surface area contributed by atoms with E-state index in [9.17, 15) is 13.2 Å². The molecule has 2 atom stereocenters. The first-order chi connectivity index (χ1) is 12.4. The van der Waals surface area contributed by atoms with Crippen LogP contribution in [-0.2, 0) is 19.3 Å². The molecular formula is C16H21N3O5S2. The Morgan fingerprint density at radius 3 is 2.58 bits per heavy atom. The number of anilines is 1. The second-order valence-electron chi connectivity index (χ2n) is 6.05. The zero-order valence-corrected chi connectivity index (χ0v) is 16.1. The average Bonchev–Trinajstić information content (AvgIpc) is 3.08. The number of hydrogen-bond donors (Lipinski definition) is 2. The maximum atomic E-state index is 12.1. The molecule has 1 aromatic carbocycles. The molecule has 2 heterocycles. The quantitative estimate of drug-likeness (QED) is 0.679. The van der Waals surface area contributed by atoms with Crippen molar-refractivity contribution in [2.75, 3.05) is 37.6 Å². The zero-order chi connectivity index (χ0) is 18.7. The number of fused-ring (bicyclic) bond motifs is 1. The van der Waals surface area contributed by atoms with E-state index in [1.54, 1.807) is 24.3 Å². The number of aliphatic imine (C=N–C) groups is 1. The fourth-order valence-electron chi connectivity index (χ4n) is 2.79.